The van der Waals surface area contributed by atoms with E-state index < -0.39 is 5.79 Å². The summed E-state index contributed by atoms with van der Waals surface area (Å²) in [7, 11) is 0. The first-order chi connectivity index (χ1) is 23.8. The molecular formula is C35H38Cl2N8O4. The van der Waals surface area contributed by atoms with Crippen molar-refractivity contribution in [3.63, 3.8) is 0 Å². The zero-order chi connectivity index (χ0) is 34.0. The Morgan fingerprint density at radius 2 is 1.53 bits per heavy atom. The van der Waals surface area contributed by atoms with Crippen LogP contribution >= 0.6 is 23.2 Å². The van der Waals surface area contributed by atoms with Crippen LogP contribution in [0.25, 0.3) is 5.69 Å². The van der Waals surface area contributed by atoms with Crippen molar-refractivity contribution in [1.29, 1.82) is 0 Å². The van der Waals surface area contributed by atoms with E-state index in [1.165, 1.54) is 4.68 Å². The van der Waals surface area contributed by atoms with Gasteiger partial charge in [0.1, 0.15) is 37.4 Å². The Balaban J connectivity index is 0.925. The summed E-state index contributed by atoms with van der Waals surface area (Å²) in [6.07, 6.45) is 5.34. The molecule has 0 aliphatic carbocycles. The fourth-order valence-electron chi connectivity index (χ4n) is 6.26. The Bertz CT molecular complexity index is 1910. The Kier molecular flexibility index (Phi) is 9.64. The molecule has 3 atom stereocenters. The van der Waals surface area contributed by atoms with Crippen molar-refractivity contribution in [3.05, 3.63) is 112 Å². The zero-order valence-electron chi connectivity index (χ0n) is 27.4. The van der Waals surface area contributed by atoms with Crippen molar-refractivity contribution >= 4 is 34.6 Å². The van der Waals surface area contributed by atoms with E-state index in [9.17, 15) is 4.79 Å². The summed E-state index contributed by atoms with van der Waals surface area (Å²) in [5.41, 5.74) is 3.66. The summed E-state index contributed by atoms with van der Waals surface area (Å²) in [5.74, 6) is -0.385. The molecule has 0 spiro atoms. The third-order valence-electron chi connectivity index (χ3n) is 9.17. The monoisotopic (exact) mass is 704 g/mol. The lowest BCUT2D eigenvalue weighted by molar-refractivity contribution is -0.189. The predicted octanol–water partition coefficient (Wildman–Crippen LogP) is 5.58. The van der Waals surface area contributed by atoms with E-state index in [0.29, 0.717) is 35.4 Å². The number of aromatic nitrogens is 6. The van der Waals surface area contributed by atoms with Crippen molar-refractivity contribution < 1.29 is 14.2 Å². The van der Waals surface area contributed by atoms with Crippen molar-refractivity contribution in [2.75, 3.05) is 49.2 Å². The molecule has 2 aliphatic rings. The second-order valence-corrected chi connectivity index (χ2v) is 13.2. The largest absolute Gasteiger partial charge is 0.491 e. The van der Waals surface area contributed by atoms with Gasteiger partial charge in [0.2, 0.25) is 5.79 Å². The molecule has 2 aromatic heterocycles. The molecule has 4 heterocycles. The molecule has 0 saturated carbocycles. The second kappa shape index (κ2) is 14.2. The molecular weight excluding hydrogens is 667 g/mol. The third-order valence-corrected chi connectivity index (χ3v) is 9.72. The average Bonchev–Trinajstić information content (AvgIpc) is 3.88. The van der Waals surface area contributed by atoms with E-state index in [4.69, 9.17) is 37.4 Å². The average molecular weight is 706 g/mol. The molecule has 256 valence electrons. The minimum absolute atomic E-state index is 0.0646. The highest BCUT2D eigenvalue weighted by molar-refractivity contribution is 6.35. The van der Waals surface area contributed by atoms with Gasteiger partial charge in [0.25, 0.3) is 0 Å². The van der Waals surface area contributed by atoms with Crippen molar-refractivity contribution in [1.82, 2.24) is 29.1 Å². The van der Waals surface area contributed by atoms with Gasteiger partial charge in [-0.05, 0) is 74.0 Å². The summed E-state index contributed by atoms with van der Waals surface area (Å²) < 4.78 is 23.8. The van der Waals surface area contributed by atoms with Crippen molar-refractivity contribution in [3.8, 4) is 11.4 Å². The van der Waals surface area contributed by atoms with E-state index >= 15 is 0 Å². The van der Waals surface area contributed by atoms with Crippen LogP contribution in [0.3, 0.4) is 0 Å². The molecule has 14 heteroatoms. The summed E-state index contributed by atoms with van der Waals surface area (Å²) in [6, 6.07) is 21.6. The molecule has 0 bridgehead atoms. The molecule has 7 rings (SSSR count). The highest BCUT2D eigenvalue weighted by Gasteiger charge is 2.45. The third kappa shape index (κ3) is 7.04. The van der Waals surface area contributed by atoms with Crippen LogP contribution in [0.4, 0.5) is 11.4 Å². The highest BCUT2D eigenvalue weighted by atomic mass is 35.5. The number of halogens is 2. The van der Waals surface area contributed by atoms with Crippen molar-refractivity contribution in [2.45, 2.75) is 44.7 Å². The standard InChI is InChI=1S/C35H38Cl2N8O4/c1-3-25(2)45-34(46)44(24-40-45)29-7-5-27(6-8-29)42-14-16-43(17-15-42)28-9-11-30(12-10-28)47-19-31-20-48-35(49-31,21-41-22-38-39-23-41)32-13-4-26(36)18-33(32)37/h4-13,18,22-25,31H,3,14-17,19-21H2,1-2H3/t25?,31-,35-/m1/s1. The van der Waals surface area contributed by atoms with Crippen LogP contribution in [0.2, 0.25) is 10.0 Å². The van der Waals surface area contributed by atoms with Crippen molar-refractivity contribution in [2.24, 2.45) is 0 Å². The number of ether oxygens (including phenoxy) is 3. The SMILES string of the molecule is CCC(C)n1ncn(-c2ccc(N3CCN(c4ccc(OC[C@@H]5CO[C@@](Cn6cnnc6)(c6ccc(Cl)cc6Cl)O5)cc4)CC3)cc2)c1=O. The Morgan fingerprint density at radius 3 is 2.16 bits per heavy atom. The second-order valence-electron chi connectivity index (χ2n) is 12.3. The number of hydrogen-bond donors (Lipinski definition) is 0. The minimum Gasteiger partial charge on any atom is -0.491 e. The first-order valence-electron chi connectivity index (χ1n) is 16.4. The molecule has 12 nitrogen and oxygen atoms in total. The molecule has 49 heavy (non-hydrogen) atoms. The molecule has 3 aromatic carbocycles. The fourth-order valence-corrected chi connectivity index (χ4v) is 6.81. The molecule has 1 unspecified atom stereocenters. The van der Waals surface area contributed by atoms with Gasteiger partial charge in [-0.3, -0.25) is 0 Å². The maximum absolute atomic E-state index is 12.8. The lowest BCUT2D eigenvalue weighted by atomic mass is 10.1. The van der Waals surface area contributed by atoms with Gasteiger partial charge in [0.05, 0.1) is 29.9 Å². The molecule has 2 fully saturated rings. The van der Waals surface area contributed by atoms with Gasteiger partial charge in [-0.15, -0.1) is 10.2 Å². The Hall–Kier alpha value is -4.36. The highest BCUT2D eigenvalue weighted by Crippen LogP contribution is 2.40. The van der Waals surface area contributed by atoms with Gasteiger partial charge in [0, 0.05) is 48.1 Å². The van der Waals surface area contributed by atoms with E-state index in [2.05, 4.69) is 49.4 Å². The molecule has 5 aromatic rings. The lowest BCUT2D eigenvalue weighted by Crippen LogP contribution is -2.46. The molecule has 0 radical (unpaired) electrons. The first-order valence-corrected chi connectivity index (χ1v) is 17.2. The zero-order valence-corrected chi connectivity index (χ0v) is 28.9. The summed E-state index contributed by atoms with van der Waals surface area (Å²) in [4.78, 5) is 17.5. The van der Waals surface area contributed by atoms with E-state index in [-0.39, 0.29) is 17.8 Å². The molecule has 2 aliphatic heterocycles. The fraction of sp³-hybridized carbons (Fsp3) is 0.371. The van der Waals surface area contributed by atoms with Gasteiger partial charge in [-0.2, -0.15) is 5.10 Å². The molecule has 0 N–H and O–H groups in total. The molecule has 0 amide bonds. The van der Waals surface area contributed by atoms with Crippen LogP contribution in [0.1, 0.15) is 31.9 Å². The normalized spacial score (nSPS) is 20.1. The maximum atomic E-state index is 12.8. The molecule has 2 saturated heterocycles. The smallest absolute Gasteiger partial charge is 0.350 e. The van der Waals surface area contributed by atoms with E-state index in [0.717, 1.165) is 55.4 Å². The van der Waals surface area contributed by atoms with Gasteiger partial charge < -0.3 is 28.6 Å². The lowest BCUT2D eigenvalue weighted by Gasteiger charge is -2.37. The van der Waals surface area contributed by atoms with Crippen LogP contribution < -0.4 is 20.2 Å². The van der Waals surface area contributed by atoms with Crippen LogP contribution in [-0.2, 0) is 21.8 Å². The van der Waals surface area contributed by atoms with E-state index in [1.54, 1.807) is 40.2 Å². The Labute approximate surface area is 294 Å². The number of piperazine rings is 1. The number of anilines is 2. The van der Waals surface area contributed by atoms with Crippen LogP contribution in [0.15, 0.2) is 90.5 Å². The van der Waals surface area contributed by atoms with Gasteiger partial charge in [0.15, 0.2) is 0 Å². The number of nitrogens with zero attached hydrogens (tertiary/aromatic N) is 8. The maximum Gasteiger partial charge on any atom is 0.350 e. The quantitative estimate of drug-likeness (QED) is 0.174. The number of rotatable bonds is 11. The minimum atomic E-state index is -1.14. The predicted molar refractivity (Wildman–Crippen MR) is 188 cm³/mol. The van der Waals surface area contributed by atoms with Gasteiger partial charge in [-0.25, -0.2) is 14.0 Å². The topological polar surface area (TPSA) is 105 Å². The summed E-state index contributed by atoms with van der Waals surface area (Å²) in [6.45, 7) is 8.54. The van der Waals surface area contributed by atoms with E-state index in [1.807, 2.05) is 44.2 Å². The summed E-state index contributed by atoms with van der Waals surface area (Å²) >= 11 is 12.7. The number of hydrogen-bond acceptors (Lipinski definition) is 9. The first kappa shape index (κ1) is 33.2. The Morgan fingerprint density at radius 1 is 0.898 bits per heavy atom. The van der Waals surface area contributed by atoms with Crippen LogP contribution in [0.5, 0.6) is 5.75 Å². The number of benzene rings is 3. The van der Waals surface area contributed by atoms with Gasteiger partial charge >= 0.3 is 5.69 Å². The van der Waals surface area contributed by atoms with Gasteiger partial charge in [-0.1, -0.05) is 36.2 Å². The summed E-state index contributed by atoms with van der Waals surface area (Å²) in [5, 5.41) is 13.1. The van der Waals surface area contributed by atoms with Crippen LogP contribution in [0, 0.1) is 0 Å². The van der Waals surface area contributed by atoms with Crippen LogP contribution in [-0.4, -0.2) is 74.6 Å².